The van der Waals surface area contributed by atoms with Crippen molar-refractivity contribution >= 4 is 34.8 Å². The highest BCUT2D eigenvalue weighted by Crippen LogP contribution is 2.28. The lowest BCUT2D eigenvalue weighted by molar-refractivity contribution is 0.101. The monoisotopic (exact) mass is 389 g/mol. The van der Waals surface area contributed by atoms with Gasteiger partial charge in [-0.2, -0.15) is 0 Å². The third kappa shape index (κ3) is 3.84. The van der Waals surface area contributed by atoms with E-state index in [-0.39, 0.29) is 11.5 Å². The number of nitrogens with zero attached hydrogens (tertiary/aromatic N) is 2. The molecule has 0 radical (unpaired) electrons. The number of nitrogens with one attached hydrogen (secondary N) is 1. The van der Waals surface area contributed by atoms with Crippen molar-refractivity contribution in [3.05, 3.63) is 86.5 Å². The average Bonchev–Trinajstić information content (AvgIpc) is 2.92. The van der Waals surface area contributed by atoms with E-state index in [2.05, 4.69) is 5.32 Å². The first-order chi connectivity index (χ1) is 12.5. The lowest BCUT2D eigenvalue weighted by atomic mass is 10.2. The fraction of sp³-hybridized carbons (Fsp3) is 0.158. The van der Waals surface area contributed by atoms with Crippen LogP contribution in [0.5, 0.6) is 0 Å². The molecule has 1 amide bonds. The highest BCUT2D eigenvalue weighted by atomic mass is 35.5. The molecule has 0 saturated heterocycles. The molecule has 0 fully saturated rings. The van der Waals surface area contributed by atoms with Crippen LogP contribution in [0, 0.1) is 0 Å². The molecular formula is C19H17Cl2N3O2. The zero-order valence-corrected chi connectivity index (χ0v) is 15.6. The average molecular weight is 390 g/mol. The van der Waals surface area contributed by atoms with E-state index in [1.807, 2.05) is 37.3 Å². The van der Waals surface area contributed by atoms with Crippen LogP contribution in [-0.2, 0) is 13.1 Å². The van der Waals surface area contributed by atoms with E-state index in [0.29, 0.717) is 34.6 Å². The topological polar surface area (TPSA) is 56.0 Å². The quantitative estimate of drug-likeness (QED) is 0.707. The minimum absolute atomic E-state index is 0.121. The maximum absolute atomic E-state index is 12.7. The molecule has 0 aliphatic rings. The van der Waals surface area contributed by atoms with E-state index in [1.54, 1.807) is 16.8 Å². The van der Waals surface area contributed by atoms with Crippen LogP contribution in [0.4, 0.5) is 5.69 Å². The summed E-state index contributed by atoms with van der Waals surface area (Å²) < 4.78 is 3.17. The predicted octanol–water partition coefficient (Wildman–Crippen LogP) is 4.28. The van der Waals surface area contributed by atoms with Gasteiger partial charge in [-0.3, -0.25) is 9.59 Å². The van der Waals surface area contributed by atoms with Crippen LogP contribution >= 0.6 is 23.2 Å². The van der Waals surface area contributed by atoms with Crippen molar-refractivity contribution in [2.24, 2.45) is 0 Å². The molecule has 0 unspecified atom stereocenters. The summed E-state index contributed by atoms with van der Waals surface area (Å²) in [7, 11) is 0. The summed E-state index contributed by atoms with van der Waals surface area (Å²) >= 11 is 12.4. The number of rotatable bonds is 5. The van der Waals surface area contributed by atoms with E-state index in [4.69, 9.17) is 23.2 Å². The summed E-state index contributed by atoms with van der Waals surface area (Å²) in [6.45, 7) is 2.80. The Morgan fingerprint density at radius 2 is 1.85 bits per heavy atom. The van der Waals surface area contributed by atoms with Crippen LogP contribution in [0.25, 0.3) is 0 Å². The second-order valence-corrected chi connectivity index (χ2v) is 6.50. The Morgan fingerprint density at radius 1 is 1.12 bits per heavy atom. The second-order valence-electron chi connectivity index (χ2n) is 5.74. The minimum atomic E-state index is -0.351. The van der Waals surface area contributed by atoms with E-state index < -0.39 is 0 Å². The molecule has 0 aliphatic heterocycles. The summed E-state index contributed by atoms with van der Waals surface area (Å²) in [5, 5.41) is 3.41. The van der Waals surface area contributed by atoms with E-state index in [0.717, 1.165) is 5.56 Å². The number of benzene rings is 1. The fourth-order valence-electron chi connectivity index (χ4n) is 2.65. The first-order valence-electron chi connectivity index (χ1n) is 8.10. The van der Waals surface area contributed by atoms with Gasteiger partial charge in [-0.05, 0) is 24.6 Å². The molecule has 0 bridgehead atoms. The normalized spacial score (nSPS) is 10.7. The van der Waals surface area contributed by atoms with Gasteiger partial charge in [0.25, 0.3) is 11.5 Å². The van der Waals surface area contributed by atoms with Gasteiger partial charge in [0.15, 0.2) is 0 Å². The van der Waals surface area contributed by atoms with Crippen LogP contribution in [0.3, 0.4) is 0 Å². The van der Waals surface area contributed by atoms with Crippen LogP contribution in [0.15, 0.2) is 59.5 Å². The number of hydrogen-bond donors (Lipinski definition) is 1. The SMILES string of the molecule is CCn1cc(NC(=O)c2cc(Cl)c(Cl)n2Cc2ccccc2)ccc1=O. The summed E-state index contributed by atoms with van der Waals surface area (Å²) in [5.74, 6) is -0.351. The molecule has 2 heterocycles. The Morgan fingerprint density at radius 3 is 2.54 bits per heavy atom. The van der Waals surface area contributed by atoms with Crippen molar-refractivity contribution < 1.29 is 4.79 Å². The third-order valence-electron chi connectivity index (χ3n) is 3.99. The predicted molar refractivity (Wildman–Crippen MR) is 104 cm³/mol. The summed E-state index contributed by atoms with van der Waals surface area (Å²) in [6.07, 6.45) is 1.61. The van der Waals surface area contributed by atoms with Gasteiger partial charge >= 0.3 is 0 Å². The second kappa shape index (κ2) is 7.81. The number of carbonyl (C=O) groups is 1. The Balaban J connectivity index is 1.90. The first kappa shape index (κ1) is 18.3. The molecule has 3 rings (SSSR count). The van der Waals surface area contributed by atoms with Crippen molar-refractivity contribution in [3.8, 4) is 0 Å². The molecule has 0 aliphatic carbocycles. The van der Waals surface area contributed by atoms with Gasteiger partial charge in [0.1, 0.15) is 10.8 Å². The van der Waals surface area contributed by atoms with E-state index >= 15 is 0 Å². The Hall–Kier alpha value is -2.50. The number of pyridine rings is 1. The van der Waals surface area contributed by atoms with Gasteiger partial charge in [-0.25, -0.2) is 0 Å². The molecule has 134 valence electrons. The number of aromatic nitrogens is 2. The van der Waals surface area contributed by atoms with Gasteiger partial charge in [0.05, 0.1) is 10.7 Å². The highest BCUT2D eigenvalue weighted by molar-refractivity contribution is 6.42. The Bertz CT molecular complexity index is 994. The Kier molecular flexibility index (Phi) is 5.49. The fourth-order valence-corrected chi connectivity index (χ4v) is 3.06. The van der Waals surface area contributed by atoms with Gasteiger partial charge in [0.2, 0.25) is 0 Å². The molecule has 0 atom stereocenters. The number of hydrogen-bond acceptors (Lipinski definition) is 2. The van der Waals surface area contributed by atoms with Crippen molar-refractivity contribution in [1.29, 1.82) is 0 Å². The molecule has 1 aromatic carbocycles. The maximum atomic E-state index is 12.7. The number of carbonyl (C=O) groups excluding carboxylic acids is 1. The zero-order chi connectivity index (χ0) is 18.7. The molecule has 3 aromatic rings. The molecule has 7 heteroatoms. The van der Waals surface area contributed by atoms with Gasteiger partial charge in [-0.15, -0.1) is 0 Å². The number of anilines is 1. The summed E-state index contributed by atoms with van der Waals surface area (Å²) in [4.78, 5) is 24.4. The zero-order valence-electron chi connectivity index (χ0n) is 14.1. The molecule has 2 aromatic heterocycles. The van der Waals surface area contributed by atoms with Gasteiger partial charge < -0.3 is 14.5 Å². The standard InChI is InChI=1S/C19H17Cl2N3O2/c1-2-23-12-14(8-9-17(23)25)22-19(26)16-10-15(20)18(21)24(16)11-13-6-4-3-5-7-13/h3-10,12H,2,11H2,1H3,(H,22,26). The number of aryl methyl sites for hydroxylation is 1. The van der Waals surface area contributed by atoms with Crippen molar-refractivity contribution in [2.75, 3.05) is 5.32 Å². The smallest absolute Gasteiger partial charge is 0.272 e. The molecule has 26 heavy (non-hydrogen) atoms. The molecule has 1 N–H and O–H groups in total. The number of halogens is 2. The van der Waals surface area contributed by atoms with Gasteiger partial charge in [0, 0.05) is 25.4 Å². The van der Waals surface area contributed by atoms with Gasteiger partial charge in [-0.1, -0.05) is 53.5 Å². The third-order valence-corrected chi connectivity index (χ3v) is 4.78. The van der Waals surface area contributed by atoms with E-state index in [1.165, 1.54) is 16.7 Å². The highest BCUT2D eigenvalue weighted by Gasteiger charge is 2.19. The molecule has 0 spiro atoms. The van der Waals surface area contributed by atoms with Crippen molar-refractivity contribution in [1.82, 2.24) is 9.13 Å². The molecule has 0 saturated carbocycles. The first-order valence-corrected chi connectivity index (χ1v) is 8.85. The van der Waals surface area contributed by atoms with Crippen LogP contribution < -0.4 is 10.9 Å². The lowest BCUT2D eigenvalue weighted by Gasteiger charge is -2.12. The Labute approximate surface area is 160 Å². The maximum Gasteiger partial charge on any atom is 0.272 e. The van der Waals surface area contributed by atoms with Crippen LogP contribution in [-0.4, -0.2) is 15.0 Å². The summed E-state index contributed by atoms with van der Waals surface area (Å²) in [5.41, 5.74) is 1.74. The van der Waals surface area contributed by atoms with Crippen molar-refractivity contribution in [3.63, 3.8) is 0 Å². The molecular weight excluding hydrogens is 373 g/mol. The largest absolute Gasteiger partial charge is 0.322 e. The van der Waals surface area contributed by atoms with E-state index in [9.17, 15) is 9.59 Å². The van der Waals surface area contributed by atoms with Crippen LogP contribution in [0.1, 0.15) is 23.0 Å². The minimum Gasteiger partial charge on any atom is -0.322 e. The van der Waals surface area contributed by atoms with Crippen molar-refractivity contribution in [2.45, 2.75) is 20.0 Å². The molecule has 5 nitrogen and oxygen atoms in total. The van der Waals surface area contributed by atoms with Crippen LogP contribution in [0.2, 0.25) is 10.2 Å². The lowest BCUT2D eigenvalue weighted by Crippen LogP contribution is -2.21. The summed E-state index contributed by atoms with van der Waals surface area (Å²) in [6, 6.07) is 14.2. The number of amides is 1.